The first-order valence-electron chi connectivity index (χ1n) is 15.4. The molecule has 1 aromatic carbocycles. The average molecular weight is 523 g/mol. The van der Waals surface area contributed by atoms with Crippen molar-refractivity contribution in [2.45, 2.75) is 173 Å². The van der Waals surface area contributed by atoms with Gasteiger partial charge in [-0.15, -0.1) is 0 Å². The van der Waals surface area contributed by atoms with E-state index in [0.29, 0.717) is 4.90 Å². The van der Waals surface area contributed by atoms with E-state index in [0.717, 1.165) is 44.1 Å². The number of rotatable bonds is 24. The quantitative estimate of drug-likeness (QED) is 0.100. The van der Waals surface area contributed by atoms with E-state index in [-0.39, 0.29) is 0 Å². The Morgan fingerprint density at radius 1 is 0.556 bits per heavy atom. The van der Waals surface area contributed by atoms with Gasteiger partial charge in [-0.1, -0.05) is 154 Å². The Bertz CT molecular complexity index is 698. The third kappa shape index (κ3) is 14.8. The molecule has 0 bridgehead atoms. The zero-order chi connectivity index (χ0) is 26.5. The highest BCUT2D eigenvalue weighted by Crippen LogP contribution is 2.36. The van der Waals surface area contributed by atoms with Crippen molar-refractivity contribution in [3.8, 4) is 0 Å². The van der Waals surface area contributed by atoms with Crippen molar-refractivity contribution in [3.05, 3.63) is 29.8 Å². The maximum atomic E-state index is 13.5. The highest BCUT2D eigenvalue weighted by atomic mass is 32.2. The summed E-state index contributed by atoms with van der Waals surface area (Å²) in [5.74, 6) is 0. The van der Waals surface area contributed by atoms with Gasteiger partial charge >= 0.3 is 0 Å². The van der Waals surface area contributed by atoms with Gasteiger partial charge in [0.2, 0.25) is 0 Å². The van der Waals surface area contributed by atoms with E-state index in [1.54, 1.807) is 12.1 Å². The lowest BCUT2D eigenvalue weighted by atomic mass is 9.85. The van der Waals surface area contributed by atoms with Crippen molar-refractivity contribution in [2.24, 2.45) is 0 Å². The molecule has 0 saturated carbocycles. The molecule has 3 nitrogen and oxygen atoms in total. The summed E-state index contributed by atoms with van der Waals surface area (Å²) in [5.41, 5.74) is 0.496. The van der Waals surface area contributed by atoms with Gasteiger partial charge in [-0.05, 0) is 38.3 Å². The van der Waals surface area contributed by atoms with E-state index in [1.165, 1.54) is 96.3 Å². The van der Waals surface area contributed by atoms with E-state index < -0.39 is 15.7 Å². The third-order valence-electron chi connectivity index (χ3n) is 7.55. The van der Waals surface area contributed by atoms with Crippen LogP contribution in [0.3, 0.4) is 0 Å². The minimum Gasteiger partial charge on any atom is -0.260 e. The summed E-state index contributed by atoms with van der Waals surface area (Å²) in [7, 11) is -3.79. The van der Waals surface area contributed by atoms with Gasteiger partial charge in [-0.25, -0.2) is 0 Å². The summed E-state index contributed by atoms with van der Waals surface area (Å²) < 4.78 is 33.2. The van der Waals surface area contributed by atoms with Gasteiger partial charge in [-0.3, -0.25) is 4.18 Å². The Balaban J connectivity index is 2.96. The summed E-state index contributed by atoms with van der Waals surface area (Å²) in [6.07, 6.45) is 24.4. The largest absolute Gasteiger partial charge is 0.297 e. The van der Waals surface area contributed by atoms with Gasteiger partial charge in [0.05, 0.1) is 10.5 Å². The first-order valence-corrected chi connectivity index (χ1v) is 16.8. The maximum Gasteiger partial charge on any atom is 0.297 e. The zero-order valence-electron chi connectivity index (χ0n) is 24.3. The molecule has 36 heavy (non-hydrogen) atoms. The molecule has 0 aliphatic rings. The van der Waals surface area contributed by atoms with Crippen LogP contribution in [-0.2, 0) is 14.3 Å². The van der Waals surface area contributed by atoms with Crippen molar-refractivity contribution in [2.75, 3.05) is 0 Å². The minimum absolute atomic E-state index is 0.298. The van der Waals surface area contributed by atoms with Crippen molar-refractivity contribution < 1.29 is 12.6 Å². The van der Waals surface area contributed by atoms with Crippen LogP contribution in [0.2, 0.25) is 0 Å². The van der Waals surface area contributed by atoms with Gasteiger partial charge in [-0.2, -0.15) is 8.42 Å². The lowest BCUT2D eigenvalue weighted by Gasteiger charge is -2.34. The van der Waals surface area contributed by atoms with Crippen molar-refractivity contribution in [1.82, 2.24) is 0 Å². The summed E-state index contributed by atoms with van der Waals surface area (Å²) in [6, 6.07) is 7.14. The predicted molar refractivity (Wildman–Crippen MR) is 156 cm³/mol. The van der Waals surface area contributed by atoms with E-state index in [4.69, 9.17) is 4.18 Å². The highest BCUT2D eigenvalue weighted by Gasteiger charge is 2.36. The molecule has 0 aliphatic carbocycles. The molecule has 0 spiro atoms. The monoisotopic (exact) mass is 522 g/mol. The predicted octanol–water partition coefficient (Wildman–Crippen LogP) is 10.7. The van der Waals surface area contributed by atoms with Gasteiger partial charge < -0.3 is 0 Å². The van der Waals surface area contributed by atoms with E-state index in [9.17, 15) is 8.42 Å². The van der Waals surface area contributed by atoms with E-state index >= 15 is 0 Å². The lowest BCUT2D eigenvalue weighted by molar-refractivity contribution is 0.0401. The van der Waals surface area contributed by atoms with Crippen molar-refractivity contribution in [3.63, 3.8) is 0 Å². The Morgan fingerprint density at radius 3 is 1.25 bits per heavy atom. The molecule has 1 aromatic rings. The Morgan fingerprint density at radius 2 is 0.889 bits per heavy atom. The topological polar surface area (TPSA) is 43.4 Å². The molecule has 0 aliphatic heterocycles. The fraction of sp³-hybridized carbons (Fsp3) is 0.812. The second kappa shape index (κ2) is 20.1. The molecule has 210 valence electrons. The Kier molecular flexibility index (Phi) is 18.5. The minimum atomic E-state index is -3.79. The number of unbranched alkanes of at least 4 members (excludes halogenated alkanes) is 15. The third-order valence-corrected chi connectivity index (χ3v) is 8.98. The smallest absolute Gasteiger partial charge is 0.260 e. The van der Waals surface area contributed by atoms with Gasteiger partial charge in [0.25, 0.3) is 10.1 Å². The second-order valence-electron chi connectivity index (χ2n) is 11.1. The fourth-order valence-electron chi connectivity index (χ4n) is 5.17. The molecule has 0 amide bonds. The average Bonchev–Trinajstić information content (AvgIpc) is 2.85. The van der Waals surface area contributed by atoms with Crippen LogP contribution in [0.4, 0.5) is 0 Å². The standard InChI is InChI=1S/C32H58O3S/c1-5-8-11-14-17-20-27-32(28-21-18-15-12-9-6-2,29-22-19-16-13-10-7-3)35-36(33,34)31-25-23-30(4)24-26-31/h23-26H,5-22,27-29H2,1-4H3. The molecular formula is C32H58O3S. The van der Waals surface area contributed by atoms with Crippen LogP contribution in [0.1, 0.15) is 161 Å². The molecule has 0 heterocycles. The van der Waals surface area contributed by atoms with Crippen molar-refractivity contribution in [1.29, 1.82) is 0 Å². The summed E-state index contributed by atoms with van der Waals surface area (Å²) >= 11 is 0. The molecule has 4 heteroatoms. The lowest BCUT2D eigenvalue weighted by Crippen LogP contribution is -2.35. The molecule has 0 fully saturated rings. The first kappa shape index (κ1) is 33.2. The summed E-state index contributed by atoms with van der Waals surface area (Å²) in [5, 5.41) is 0. The number of benzene rings is 1. The van der Waals surface area contributed by atoms with Gasteiger partial charge in [0.1, 0.15) is 0 Å². The fourth-order valence-corrected chi connectivity index (χ4v) is 6.45. The van der Waals surface area contributed by atoms with Crippen LogP contribution in [0.15, 0.2) is 29.2 Å². The molecule has 0 atom stereocenters. The second-order valence-corrected chi connectivity index (χ2v) is 12.6. The van der Waals surface area contributed by atoms with Crippen LogP contribution in [-0.4, -0.2) is 14.0 Å². The van der Waals surface area contributed by atoms with Gasteiger partial charge in [0.15, 0.2) is 0 Å². The molecule has 0 aromatic heterocycles. The molecule has 0 N–H and O–H groups in total. The molecule has 1 rings (SSSR count). The number of hydrogen-bond acceptors (Lipinski definition) is 3. The molecule has 0 saturated heterocycles. The highest BCUT2D eigenvalue weighted by molar-refractivity contribution is 7.86. The van der Waals surface area contributed by atoms with Crippen LogP contribution in [0, 0.1) is 6.92 Å². The molecular weight excluding hydrogens is 464 g/mol. The number of aryl methyl sites for hydroxylation is 1. The van der Waals surface area contributed by atoms with Crippen LogP contribution < -0.4 is 0 Å². The Labute approximate surface area is 225 Å². The molecule has 0 unspecified atom stereocenters. The van der Waals surface area contributed by atoms with E-state index in [1.807, 2.05) is 19.1 Å². The normalized spacial score (nSPS) is 12.3. The SMILES string of the molecule is CCCCCCCCC(CCCCCCCC)(CCCCCCCC)OS(=O)(=O)c1ccc(C)cc1. The van der Waals surface area contributed by atoms with Crippen molar-refractivity contribution >= 4 is 10.1 Å². The van der Waals surface area contributed by atoms with Gasteiger partial charge in [0, 0.05) is 0 Å². The maximum absolute atomic E-state index is 13.5. The number of hydrogen-bond donors (Lipinski definition) is 0. The zero-order valence-corrected chi connectivity index (χ0v) is 25.1. The summed E-state index contributed by atoms with van der Waals surface area (Å²) in [6.45, 7) is 8.72. The summed E-state index contributed by atoms with van der Waals surface area (Å²) in [4.78, 5) is 0.298. The van der Waals surface area contributed by atoms with Crippen LogP contribution in [0.5, 0.6) is 0 Å². The van der Waals surface area contributed by atoms with E-state index in [2.05, 4.69) is 20.8 Å². The van der Waals surface area contributed by atoms with Crippen LogP contribution in [0.25, 0.3) is 0 Å². The first-order chi connectivity index (χ1) is 17.4. The Hall–Kier alpha value is -0.870. The molecule has 0 radical (unpaired) electrons. The van der Waals surface area contributed by atoms with Crippen LogP contribution >= 0.6 is 0 Å².